The van der Waals surface area contributed by atoms with Gasteiger partial charge < -0.3 is 4.79 Å². The smallest absolute Gasteiger partial charge is 0.148 e. The van der Waals surface area contributed by atoms with Crippen molar-refractivity contribution in [1.29, 1.82) is 0 Å². The molecule has 4 heteroatoms. The van der Waals surface area contributed by atoms with E-state index in [1.54, 1.807) is 12.1 Å². The van der Waals surface area contributed by atoms with E-state index in [0.717, 1.165) is 16.7 Å². The minimum absolute atomic E-state index is 0.0595. The van der Waals surface area contributed by atoms with Crippen molar-refractivity contribution in [2.24, 2.45) is 0 Å². The Bertz CT molecular complexity index is 613. The first-order chi connectivity index (χ1) is 10.2. The molecule has 0 heterocycles. The molecule has 0 fully saturated rings. The zero-order valence-corrected chi connectivity index (χ0v) is 12.9. The third-order valence-corrected chi connectivity index (χ3v) is 4.60. The average Bonchev–Trinajstić information content (AvgIpc) is 2.51. The molecule has 0 spiro atoms. The molecule has 0 amide bonds. The molecule has 0 bridgehead atoms. The van der Waals surface area contributed by atoms with Crippen molar-refractivity contribution in [2.75, 3.05) is 5.75 Å². The Morgan fingerprint density at radius 3 is 2.43 bits per heavy atom. The topological polar surface area (TPSA) is 34.1 Å². The third-order valence-electron chi connectivity index (χ3n) is 3.08. The van der Waals surface area contributed by atoms with Crippen molar-refractivity contribution in [2.45, 2.75) is 17.2 Å². The number of hydrogen-bond acceptors (Lipinski definition) is 3. The van der Waals surface area contributed by atoms with Crippen molar-refractivity contribution in [3.05, 3.63) is 65.2 Å². The SMILES string of the molecule is O=CC(C(=O)CCSc1ccccc1Cl)c1ccccc1. The zero-order chi connectivity index (χ0) is 15.1. The second kappa shape index (κ2) is 8.01. The minimum Gasteiger partial charge on any atom is -0.302 e. The van der Waals surface area contributed by atoms with Crippen LogP contribution in [0.15, 0.2) is 59.5 Å². The Hall–Kier alpha value is -1.58. The lowest BCUT2D eigenvalue weighted by Gasteiger charge is -2.09. The van der Waals surface area contributed by atoms with Crippen LogP contribution in [0, 0.1) is 0 Å². The molecule has 2 aromatic carbocycles. The molecule has 1 unspecified atom stereocenters. The van der Waals surface area contributed by atoms with Gasteiger partial charge in [-0.05, 0) is 17.7 Å². The summed E-state index contributed by atoms with van der Waals surface area (Å²) < 4.78 is 0. The van der Waals surface area contributed by atoms with E-state index in [4.69, 9.17) is 11.6 Å². The molecule has 0 N–H and O–H groups in total. The van der Waals surface area contributed by atoms with Gasteiger partial charge in [-0.1, -0.05) is 54.1 Å². The highest BCUT2D eigenvalue weighted by Crippen LogP contribution is 2.27. The molecule has 0 saturated carbocycles. The molecule has 0 aromatic heterocycles. The van der Waals surface area contributed by atoms with E-state index >= 15 is 0 Å². The number of carbonyl (C=O) groups excluding carboxylic acids is 2. The number of carbonyl (C=O) groups is 2. The Kier molecular flexibility index (Phi) is 6.03. The van der Waals surface area contributed by atoms with Crippen molar-refractivity contribution in [3.8, 4) is 0 Å². The molecule has 21 heavy (non-hydrogen) atoms. The van der Waals surface area contributed by atoms with Gasteiger partial charge in [0.2, 0.25) is 0 Å². The first-order valence-electron chi connectivity index (χ1n) is 6.62. The predicted molar refractivity (Wildman–Crippen MR) is 87.0 cm³/mol. The predicted octanol–water partition coefficient (Wildman–Crippen LogP) is 4.37. The summed E-state index contributed by atoms with van der Waals surface area (Å²) in [4.78, 5) is 24.3. The highest BCUT2D eigenvalue weighted by molar-refractivity contribution is 7.99. The fraction of sp³-hybridized carbons (Fsp3) is 0.176. The van der Waals surface area contributed by atoms with Gasteiger partial charge in [0.05, 0.1) is 10.9 Å². The van der Waals surface area contributed by atoms with Crippen LogP contribution in [0.1, 0.15) is 17.9 Å². The number of aldehydes is 1. The van der Waals surface area contributed by atoms with Gasteiger partial charge in [-0.2, -0.15) is 0 Å². The second-order valence-corrected chi connectivity index (χ2v) is 6.06. The summed E-state index contributed by atoms with van der Waals surface area (Å²) in [7, 11) is 0. The van der Waals surface area contributed by atoms with Gasteiger partial charge in [0.15, 0.2) is 0 Å². The Morgan fingerprint density at radius 2 is 1.76 bits per heavy atom. The Morgan fingerprint density at radius 1 is 1.10 bits per heavy atom. The highest BCUT2D eigenvalue weighted by Gasteiger charge is 2.19. The van der Waals surface area contributed by atoms with Crippen LogP contribution in [-0.4, -0.2) is 17.8 Å². The molecular formula is C17H15ClO2S. The van der Waals surface area contributed by atoms with Crippen LogP contribution >= 0.6 is 23.4 Å². The Labute approximate surface area is 133 Å². The molecule has 0 saturated heterocycles. The van der Waals surface area contributed by atoms with E-state index in [-0.39, 0.29) is 5.78 Å². The molecule has 2 nitrogen and oxygen atoms in total. The molecule has 108 valence electrons. The molecule has 1 atom stereocenters. The molecule has 2 aromatic rings. The van der Waals surface area contributed by atoms with E-state index in [1.807, 2.05) is 42.5 Å². The first-order valence-corrected chi connectivity index (χ1v) is 7.99. The zero-order valence-electron chi connectivity index (χ0n) is 11.4. The lowest BCUT2D eigenvalue weighted by molar-refractivity contribution is -0.123. The van der Waals surface area contributed by atoms with Crippen LogP contribution in [-0.2, 0) is 9.59 Å². The minimum atomic E-state index is -0.668. The maximum Gasteiger partial charge on any atom is 0.148 e. The van der Waals surface area contributed by atoms with Gasteiger partial charge >= 0.3 is 0 Å². The number of halogens is 1. The van der Waals surface area contributed by atoms with Gasteiger partial charge in [-0.15, -0.1) is 11.8 Å². The molecule has 0 radical (unpaired) electrons. The number of benzene rings is 2. The first kappa shape index (κ1) is 15.8. The van der Waals surface area contributed by atoms with E-state index in [0.29, 0.717) is 17.2 Å². The monoisotopic (exact) mass is 318 g/mol. The summed E-state index contributed by atoms with van der Waals surface area (Å²) >= 11 is 7.59. The molecule has 0 aliphatic carbocycles. The van der Waals surface area contributed by atoms with Crippen molar-refractivity contribution in [3.63, 3.8) is 0 Å². The van der Waals surface area contributed by atoms with Crippen molar-refractivity contribution < 1.29 is 9.59 Å². The summed E-state index contributed by atoms with van der Waals surface area (Å²) in [6, 6.07) is 16.7. The van der Waals surface area contributed by atoms with Crippen LogP contribution in [0.25, 0.3) is 0 Å². The van der Waals surface area contributed by atoms with Gasteiger partial charge in [-0.25, -0.2) is 0 Å². The van der Waals surface area contributed by atoms with E-state index in [9.17, 15) is 9.59 Å². The fourth-order valence-electron chi connectivity index (χ4n) is 1.98. The van der Waals surface area contributed by atoms with Crippen LogP contribution in [0.5, 0.6) is 0 Å². The summed E-state index contributed by atoms with van der Waals surface area (Å²) in [5.74, 6) is -0.117. The van der Waals surface area contributed by atoms with E-state index < -0.39 is 5.92 Å². The second-order valence-electron chi connectivity index (χ2n) is 4.52. The van der Waals surface area contributed by atoms with Gasteiger partial charge in [0.1, 0.15) is 12.1 Å². The molecule has 0 aliphatic rings. The summed E-state index contributed by atoms with van der Waals surface area (Å²) in [5.41, 5.74) is 0.750. The number of thioether (sulfide) groups is 1. The van der Waals surface area contributed by atoms with Gasteiger partial charge in [0, 0.05) is 17.1 Å². The average molecular weight is 319 g/mol. The normalized spacial score (nSPS) is 11.9. The van der Waals surface area contributed by atoms with Crippen molar-refractivity contribution >= 4 is 35.4 Å². The molecule has 0 aliphatic heterocycles. The van der Waals surface area contributed by atoms with E-state index in [1.165, 1.54) is 11.8 Å². The van der Waals surface area contributed by atoms with Gasteiger partial charge in [0.25, 0.3) is 0 Å². The van der Waals surface area contributed by atoms with Gasteiger partial charge in [-0.3, -0.25) is 4.79 Å². The number of rotatable bonds is 7. The number of hydrogen-bond donors (Lipinski definition) is 0. The largest absolute Gasteiger partial charge is 0.302 e. The summed E-state index contributed by atoms with van der Waals surface area (Å²) in [6.07, 6.45) is 1.06. The van der Waals surface area contributed by atoms with Crippen LogP contribution in [0.4, 0.5) is 0 Å². The lowest BCUT2D eigenvalue weighted by atomic mass is 9.95. The van der Waals surface area contributed by atoms with Crippen molar-refractivity contribution in [1.82, 2.24) is 0 Å². The maximum absolute atomic E-state index is 12.2. The number of Topliss-reactive ketones (excluding diaryl/α,β-unsaturated/α-hetero) is 1. The van der Waals surface area contributed by atoms with Crippen LogP contribution in [0.2, 0.25) is 5.02 Å². The van der Waals surface area contributed by atoms with E-state index in [2.05, 4.69) is 0 Å². The van der Waals surface area contributed by atoms with Crippen LogP contribution in [0.3, 0.4) is 0 Å². The fourth-order valence-corrected chi connectivity index (χ4v) is 3.18. The maximum atomic E-state index is 12.2. The number of ketones is 1. The van der Waals surface area contributed by atoms with Crippen LogP contribution < -0.4 is 0 Å². The molecular weight excluding hydrogens is 304 g/mol. The Balaban J connectivity index is 1.92. The third kappa shape index (κ3) is 4.45. The highest BCUT2D eigenvalue weighted by atomic mass is 35.5. The lowest BCUT2D eigenvalue weighted by Crippen LogP contribution is -2.14. The summed E-state index contributed by atoms with van der Waals surface area (Å²) in [5, 5.41) is 0.685. The standard InChI is InChI=1S/C17H15ClO2S/c18-15-8-4-5-9-17(15)21-11-10-16(20)14(12-19)13-6-2-1-3-7-13/h1-9,12,14H,10-11H2. The summed E-state index contributed by atoms with van der Waals surface area (Å²) in [6.45, 7) is 0. The molecule has 2 rings (SSSR count). The quantitative estimate of drug-likeness (QED) is 0.432.